The zero-order valence-electron chi connectivity index (χ0n) is 10.2. The molecule has 1 amide bonds. The normalized spacial score (nSPS) is 23.6. The van der Waals surface area contributed by atoms with Crippen molar-refractivity contribution >= 4 is 29.7 Å². The Balaban J connectivity index is 0.00000144. The average Bonchev–Trinajstić information content (AvgIpc) is 2.83. The van der Waals surface area contributed by atoms with Gasteiger partial charge in [0, 0.05) is 12.6 Å². The van der Waals surface area contributed by atoms with Gasteiger partial charge in [0.25, 0.3) is 5.91 Å². The Morgan fingerprint density at radius 1 is 1.65 bits per heavy atom. The second-order valence-electron chi connectivity index (χ2n) is 4.58. The highest BCUT2D eigenvalue weighted by atomic mass is 35.5. The summed E-state index contributed by atoms with van der Waals surface area (Å²) in [5.41, 5.74) is 6.75. The molecule has 3 nitrogen and oxygen atoms in total. The zero-order chi connectivity index (χ0) is 11.7. The number of halogens is 1. The third kappa shape index (κ3) is 2.81. The molecule has 2 N–H and O–H groups in total. The second-order valence-corrected chi connectivity index (χ2v) is 5.49. The topological polar surface area (TPSA) is 46.3 Å². The first-order valence-corrected chi connectivity index (χ1v) is 6.56. The van der Waals surface area contributed by atoms with Gasteiger partial charge >= 0.3 is 0 Å². The SMILES string of the molecule is Cc1ccsc1C(=O)N1CC(CN)CC1C.Cl. The predicted molar refractivity (Wildman–Crippen MR) is 74.0 cm³/mol. The van der Waals surface area contributed by atoms with Gasteiger partial charge in [-0.25, -0.2) is 0 Å². The molecule has 0 aromatic carbocycles. The van der Waals surface area contributed by atoms with Gasteiger partial charge in [-0.3, -0.25) is 4.79 Å². The van der Waals surface area contributed by atoms with Crippen LogP contribution in [0.25, 0.3) is 0 Å². The van der Waals surface area contributed by atoms with Crippen LogP contribution in [0.5, 0.6) is 0 Å². The molecule has 0 radical (unpaired) electrons. The van der Waals surface area contributed by atoms with Crippen LogP contribution in [0.1, 0.15) is 28.6 Å². The summed E-state index contributed by atoms with van der Waals surface area (Å²) in [5, 5.41) is 1.98. The molecule has 0 aliphatic carbocycles. The molecule has 2 unspecified atom stereocenters. The summed E-state index contributed by atoms with van der Waals surface area (Å²) in [6.07, 6.45) is 1.03. The van der Waals surface area contributed by atoms with E-state index in [0.29, 0.717) is 18.5 Å². The van der Waals surface area contributed by atoms with Crippen molar-refractivity contribution in [1.82, 2.24) is 4.90 Å². The van der Waals surface area contributed by atoms with Gasteiger partial charge in [-0.05, 0) is 49.7 Å². The van der Waals surface area contributed by atoms with Crippen LogP contribution in [0.2, 0.25) is 0 Å². The number of likely N-dealkylation sites (tertiary alicyclic amines) is 1. The fourth-order valence-corrected chi connectivity index (χ4v) is 3.20. The van der Waals surface area contributed by atoms with E-state index in [9.17, 15) is 4.79 Å². The molecule has 1 fully saturated rings. The van der Waals surface area contributed by atoms with E-state index in [1.54, 1.807) is 0 Å². The van der Waals surface area contributed by atoms with Crippen LogP contribution in [-0.2, 0) is 0 Å². The highest BCUT2D eigenvalue weighted by Gasteiger charge is 2.32. The standard InChI is InChI=1S/C12H18N2OS.ClH/c1-8-3-4-16-11(8)12(15)14-7-10(6-13)5-9(14)2;/h3-4,9-10H,5-7,13H2,1-2H3;1H. The van der Waals surface area contributed by atoms with E-state index in [1.165, 1.54) is 11.3 Å². The molecule has 0 bridgehead atoms. The largest absolute Gasteiger partial charge is 0.335 e. The third-order valence-electron chi connectivity index (χ3n) is 3.31. The maximum Gasteiger partial charge on any atom is 0.264 e. The van der Waals surface area contributed by atoms with Gasteiger partial charge in [-0.15, -0.1) is 23.7 Å². The first-order chi connectivity index (χ1) is 7.63. The van der Waals surface area contributed by atoms with E-state index in [1.807, 2.05) is 23.3 Å². The minimum Gasteiger partial charge on any atom is -0.335 e. The Morgan fingerprint density at radius 2 is 2.35 bits per heavy atom. The maximum atomic E-state index is 12.3. The molecule has 1 aliphatic rings. The summed E-state index contributed by atoms with van der Waals surface area (Å²) in [7, 11) is 0. The summed E-state index contributed by atoms with van der Waals surface area (Å²) in [6.45, 7) is 5.59. The molecule has 1 aromatic heterocycles. The number of aryl methyl sites for hydroxylation is 1. The van der Waals surface area contributed by atoms with E-state index >= 15 is 0 Å². The number of amides is 1. The van der Waals surface area contributed by atoms with Crippen molar-refractivity contribution in [2.45, 2.75) is 26.3 Å². The lowest BCUT2D eigenvalue weighted by molar-refractivity contribution is 0.0747. The van der Waals surface area contributed by atoms with Crippen LogP contribution in [0.15, 0.2) is 11.4 Å². The highest BCUT2D eigenvalue weighted by Crippen LogP contribution is 2.26. The molecular formula is C12H19ClN2OS. The number of nitrogens with two attached hydrogens (primary N) is 1. The lowest BCUT2D eigenvalue weighted by atomic mass is 10.1. The number of nitrogens with zero attached hydrogens (tertiary/aromatic N) is 1. The van der Waals surface area contributed by atoms with E-state index in [0.717, 1.165) is 23.4 Å². The summed E-state index contributed by atoms with van der Waals surface area (Å²) in [4.78, 5) is 15.1. The van der Waals surface area contributed by atoms with Crippen molar-refractivity contribution in [3.8, 4) is 0 Å². The maximum absolute atomic E-state index is 12.3. The van der Waals surface area contributed by atoms with Gasteiger partial charge in [0.2, 0.25) is 0 Å². The Labute approximate surface area is 112 Å². The van der Waals surface area contributed by atoms with Crippen LogP contribution in [0, 0.1) is 12.8 Å². The van der Waals surface area contributed by atoms with Crippen molar-refractivity contribution in [2.75, 3.05) is 13.1 Å². The van der Waals surface area contributed by atoms with E-state index in [2.05, 4.69) is 6.92 Å². The number of rotatable bonds is 2. The van der Waals surface area contributed by atoms with Crippen molar-refractivity contribution in [3.63, 3.8) is 0 Å². The summed E-state index contributed by atoms with van der Waals surface area (Å²) in [5.74, 6) is 0.648. The Morgan fingerprint density at radius 3 is 2.82 bits per heavy atom. The van der Waals surface area contributed by atoms with E-state index < -0.39 is 0 Å². The van der Waals surface area contributed by atoms with Gasteiger partial charge in [-0.2, -0.15) is 0 Å². The first-order valence-electron chi connectivity index (χ1n) is 5.68. The van der Waals surface area contributed by atoms with Gasteiger partial charge in [0.15, 0.2) is 0 Å². The van der Waals surface area contributed by atoms with Crippen molar-refractivity contribution < 1.29 is 4.79 Å². The van der Waals surface area contributed by atoms with Gasteiger partial charge in [-0.1, -0.05) is 0 Å². The minimum absolute atomic E-state index is 0. The molecule has 2 atom stereocenters. The highest BCUT2D eigenvalue weighted by molar-refractivity contribution is 7.12. The van der Waals surface area contributed by atoms with Gasteiger partial charge < -0.3 is 10.6 Å². The lowest BCUT2D eigenvalue weighted by Crippen LogP contribution is -2.34. The molecule has 2 rings (SSSR count). The molecule has 0 spiro atoms. The van der Waals surface area contributed by atoms with Gasteiger partial charge in [0.1, 0.15) is 0 Å². The van der Waals surface area contributed by atoms with Crippen LogP contribution in [0.4, 0.5) is 0 Å². The van der Waals surface area contributed by atoms with Crippen molar-refractivity contribution in [2.24, 2.45) is 11.7 Å². The summed E-state index contributed by atoms with van der Waals surface area (Å²) in [6, 6.07) is 2.32. The molecule has 1 aromatic rings. The fraction of sp³-hybridized carbons (Fsp3) is 0.583. The van der Waals surface area contributed by atoms with Crippen molar-refractivity contribution in [1.29, 1.82) is 0 Å². The quantitative estimate of drug-likeness (QED) is 0.899. The number of hydrogen-bond acceptors (Lipinski definition) is 3. The first kappa shape index (κ1) is 14.5. The number of hydrogen-bond donors (Lipinski definition) is 1. The molecule has 5 heteroatoms. The molecule has 96 valence electrons. The van der Waals surface area contributed by atoms with Crippen LogP contribution in [0.3, 0.4) is 0 Å². The smallest absolute Gasteiger partial charge is 0.264 e. The third-order valence-corrected chi connectivity index (χ3v) is 4.32. The number of thiophene rings is 1. The van der Waals surface area contributed by atoms with Gasteiger partial charge in [0.05, 0.1) is 4.88 Å². The Kier molecular flexibility index (Phi) is 4.98. The van der Waals surface area contributed by atoms with Crippen LogP contribution >= 0.6 is 23.7 Å². The number of carbonyl (C=O) groups excluding carboxylic acids is 1. The molecule has 0 saturated carbocycles. The fourth-order valence-electron chi connectivity index (χ4n) is 2.32. The van der Waals surface area contributed by atoms with E-state index in [-0.39, 0.29) is 18.3 Å². The average molecular weight is 275 g/mol. The molecule has 1 saturated heterocycles. The lowest BCUT2D eigenvalue weighted by Gasteiger charge is -2.21. The Hall–Kier alpha value is -0.580. The number of carbonyl (C=O) groups is 1. The second kappa shape index (κ2) is 5.85. The molecular weight excluding hydrogens is 256 g/mol. The van der Waals surface area contributed by atoms with Crippen LogP contribution in [-0.4, -0.2) is 29.9 Å². The van der Waals surface area contributed by atoms with E-state index in [4.69, 9.17) is 5.73 Å². The minimum atomic E-state index is 0. The van der Waals surface area contributed by atoms with Crippen LogP contribution < -0.4 is 5.73 Å². The molecule has 17 heavy (non-hydrogen) atoms. The predicted octanol–water partition coefficient (Wildman–Crippen LogP) is 2.29. The molecule has 2 heterocycles. The zero-order valence-corrected chi connectivity index (χ0v) is 11.8. The monoisotopic (exact) mass is 274 g/mol. The Bertz CT molecular complexity index is 394. The summed E-state index contributed by atoms with van der Waals surface area (Å²) < 4.78 is 0. The molecule has 1 aliphatic heterocycles. The van der Waals surface area contributed by atoms with Crippen molar-refractivity contribution in [3.05, 3.63) is 21.9 Å². The summed E-state index contributed by atoms with van der Waals surface area (Å²) >= 11 is 1.53.